The van der Waals surface area contributed by atoms with Gasteiger partial charge in [0.25, 0.3) is 5.91 Å². The van der Waals surface area contributed by atoms with E-state index in [0.717, 1.165) is 60.9 Å². The Hall–Kier alpha value is -3.20. The summed E-state index contributed by atoms with van der Waals surface area (Å²) in [6.45, 7) is 21.1. The number of carbonyl (C=O) groups excluding carboxylic acids is 2. The second kappa shape index (κ2) is 17.5. The third kappa shape index (κ3) is 9.92. The summed E-state index contributed by atoms with van der Waals surface area (Å²) in [5.41, 5.74) is 2.85. The van der Waals surface area contributed by atoms with E-state index in [1.807, 2.05) is 32.0 Å². The summed E-state index contributed by atoms with van der Waals surface area (Å²) in [4.78, 5) is 43.4. The van der Waals surface area contributed by atoms with Gasteiger partial charge in [-0.05, 0) is 36.6 Å². The molecule has 0 atom stereocenters. The molecule has 1 aliphatic rings. The van der Waals surface area contributed by atoms with Crippen molar-refractivity contribution in [1.29, 1.82) is 0 Å². The van der Waals surface area contributed by atoms with Crippen LogP contribution in [-0.2, 0) is 24.8 Å². The Kier molecular flexibility index (Phi) is 13.7. The highest BCUT2D eigenvalue weighted by Gasteiger charge is 2.45. The topological polar surface area (TPSA) is 119 Å². The van der Waals surface area contributed by atoms with Crippen LogP contribution in [0.15, 0.2) is 43.1 Å². The van der Waals surface area contributed by atoms with Crippen LogP contribution >= 0.6 is 22.9 Å². The van der Waals surface area contributed by atoms with Crippen molar-refractivity contribution in [2.45, 2.75) is 59.0 Å². The van der Waals surface area contributed by atoms with Crippen LogP contribution in [0.3, 0.4) is 0 Å². The standard InChI is InChI=1S/C34H47ClN6O5SSi/c1-8-32(42)44-18-19-46-48(23(2)3,24(4)5)45-17-16-40-12-14-41(15-13-40)30-20-27(37-26(7)38-30)21-31-36-22-29(47-31)34(43)39-33-25(6)10-9-11-28(33)35/h8-11,20,22-24H,1,12-19,21H2,2-7H3,(H,39,43). The Bertz CT molecular complexity index is 1530. The molecule has 0 saturated carbocycles. The molecule has 0 aliphatic carbocycles. The van der Waals surface area contributed by atoms with E-state index < -0.39 is 14.5 Å². The van der Waals surface area contributed by atoms with Crippen molar-refractivity contribution in [2.75, 3.05) is 62.8 Å². The lowest BCUT2D eigenvalue weighted by atomic mass is 10.2. The molecule has 1 fully saturated rings. The lowest BCUT2D eigenvalue weighted by Crippen LogP contribution is -2.51. The van der Waals surface area contributed by atoms with Gasteiger partial charge in [0.1, 0.15) is 23.1 Å². The fourth-order valence-corrected chi connectivity index (χ4v) is 10.5. The average molecular weight is 715 g/mol. The Labute approximate surface area is 293 Å². The van der Waals surface area contributed by atoms with Crippen LogP contribution < -0.4 is 10.2 Å². The maximum atomic E-state index is 12.9. The van der Waals surface area contributed by atoms with Gasteiger partial charge in [0, 0.05) is 57.9 Å². The number of piperazine rings is 1. The molecule has 1 saturated heterocycles. The zero-order valence-electron chi connectivity index (χ0n) is 28.8. The minimum Gasteiger partial charge on any atom is -0.460 e. The molecule has 0 radical (unpaired) electrons. The van der Waals surface area contributed by atoms with E-state index in [4.69, 9.17) is 30.2 Å². The van der Waals surface area contributed by atoms with Crippen molar-refractivity contribution >= 4 is 54.9 Å². The molecule has 0 unspecified atom stereocenters. The van der Waals surface area contributed by atoms with E-state index in [2.05, 4.69) is 59.4 Å². The van der Waals surface area contributed by atoms with Gasteiger partial charge in [-0.25, -0.2) is 19.7 Å². The average Bonchev–Trinajstić information content (AvgIpc) is 3.52. The van der Waals surface area contributed by atoms with E-state index in [1.165, 1.54) is 11.3 Å². The fourth-order valence-electron chi connectivity index (χ4n) is 5.79. The summed E-state index contributed by atoms with van der Waals surface area (Å²) in [7, 11) is -2.56. The fraction of sp³-hybridized carbons (Fsp3) is 0.500. The zero-order chi connectivity index (χ0) is 34.8. The van der Waals surface area contributed by atoms with Crippen molar-refractivity contribution in [3.8, 4) is 0 Å². The minimum atomic E-state index is -2.56. The maximum Gasteiger partial charge on any atom is 0.343 e. The third-order valence-electron chi connectivity index (χ3n) is 8.31. The number of rotatable bonds is 16. The number of ether oxygens (including phenoxy) is 1. The molecule has 1 aromatic carbocycles. The summed E-state index contributed by atoms with van der Waals surface area (Å²) in [5.74, 6) is 0.908. The van der Waals surface area contributed by atoms with Crippen LogP contribution in [0.5, 0.6) is 0 Å². The second-order valence-electron chi connectivity index (χ2n) is 12.4. The number of carbonyl (C=O) groups is 2. The molecule has 3 heterocycles. The molecule has 48 heavy (non-hydrogen) atoms. The van der Waals surface area contributed by atoms with Gasteiger partial charge in [-0.1, -0.05) is 58.0 Å². The first-order valence-electron chi connectivity index (χ1n) is 16.3. The van der Waals surface area contributed by atoms with Crippen molar-refractivity contribution < 1.29 is 23.2 Å². The van der Waals surface area contributed by atoms with Gasteiger partial charge in [0.2, 0.25) is 0 Å². The predicted octanol–water partition coefficient (Wildman–Crippen LogP) is 6.19. The van der Waals surface area contributed by atoms with Gasteiger partial charge in [0.15, 0.2) is 0 Å². The summed E-state index contributed by atoms with van der Waals surface area (Å²) in [6.07, 6.45) is 3.26. The Morgan fingerprint density at radius 2 is 1.77 bits per heavy atom. The Morgan fingerprint density at radius 3 is 2.44 bits per heavy atom. The lowest BCUT2D eigenvalue weighted by molar-refractivity contribution is -0.138. The molecule has 4 rings (SSSR count). The summed E-state index contributed by atoms with van der Waals surface area (Å²) in [5, 5.41) is 4.21. The first-order valence-corrected chi connectivity index (χ1v) is 19.5. The molecule has 1 N–H and O–H groups in total. The highest BCUT2D eigenvalue weighted by Crippen LogP contribution is 2.34. The lowest BCUT2D eigenvalue weighted by Gasteiger charge is -2.39. The molecule has 1 amide bonds. The largest absolute Gasteiger partial charge is 0.460 e. The number of anilines is 2. The molecule has 1 aliphatic heterocycles. The molecule has 11 nitrogen and oxygen atoms in total. The molecular formula is C34H47ClN6O5SSi. The van der Waals surface area contributed by atoms with Crippen molar-refractivity contribution in [2.24, 2.45) is 0 Å². The van der Waals surface area contributed by atoms with Crippen LogP contribution in [0.25, 0.3) is 0 Å². The number of hydrogen-bond donors (Lipinski definition) is 1. The normalized spacial score (nSPS) is 14.1. The number of para-hydroxylation sites is 1. The number of nitrogens with zero attached hydrogens (tertiary/aromatic N) is 5. The quantitative estimate of drug-likeness (QED) is 0.0796. The molecule has 260 valence electrons. The first-order chi connectivity index (χ1) is 22.9. The molecular weight excluding hydrogens is 668 g/mol. The van der Waals surface area contributed by atoms with Crippen molar-refractivity contribution in [3.05, 3.63) is 75.1 Å². The number of hydrogen-bond acceptors (Lipinski definition) is 11. The zero-order valence-corrected chi connectivity index (χ0v) is 31.3. The predicted molar refractivity (Wildman–Crippen MR) is 193 cm³/mol. The summed E-state index contributed by atoms with van der Waals surface area (Å²) >= 11 is 7.64. The maximum absolute atomic E-state index is 12.9. The van der Waals surface area contributed by atoms with Gasteiger partial charge < -0.3 is 23.8 Å². The van der Waals surface area contributed by atoms with Crippen molar-refractivity contribution in [3.63, 3.8) is 0 Å². The van der Waals surface area contributed by atoms with E-state index in [-0.39, 0.29) is 23.6 Å². The number of aromatic nitrogens is 3. The number of amides is 1. The Balaban J connectivity index is 1.29. The SMILES string of the molecule is C=CC(=O)OCCO[Si](OCCN1CCN(c2cc(Cc3ncc(C(=O)Nc4c(C)cccc4Cl)s3)nc(C)n2)CC1)(C(C)C)C(C)C. The number of aryl methyl sites for hydroxylation is 2. The minimum absolute atomic E-state index is 0.181. The van der Waals surface area contributed by atoms with Crippen LogP contribution in [0.4, 0.5) is 11.5 Å². The Morgan fingerprint density at radius 1 is 1.06 bits per heavy atom. The van der Waals surface area contributed by atoms with Crippen LogP contribution in [0.1, 0.15) is 59.5 Å². The molecule has 0 bridgehead atoms. The molecule has 3 aromatic rings. The van der Waals surface area contributed by atoms with E-state index in [9.17, 15) is 9.59 Å². The van der Waals surface area contributed by atoms with Gasteiger partial charge in [-0.2, -0.15) is 0 Å². The van der Waals surface area contributed by atoms with Crippen LogP contribution in [0.2, 0.25) is 16.1 Å². The van der Waals surface area contributed by atoms with E-state index in [0.29, 0.717) is 41.0 Å². The summed E-state index contributed by atoms with van der Waals surface area (Å²) < 4.78 is 18.1. The van der Waals surface area contributed by atoms with Gasteiger partial charge in [-0.15, -0.1) is 11.3 Å². The van der Waals surface area contributed by atoms with E-state index >= 15 is 0 Å². The number of esters is 1. The molecule has 14 heteroatoms. The second-order valence-corrected chi connectivity index (χ2v) is 18.2. The number of nitrogens with one attached hydrogen (secondary N) is 1. The van der Waals surface area contributed by atoms with E-state index in [1.54, 1.807) is 12.3 Å². The number of halogens is 1. The highest BCUT2D eigenvalue weighted by atomic mass is 35.5. The monoisotopic (exact) mass is 714 g/mol. The van der Waals surface area contributed by atoms with Gasteiger partial charge >= 0.3 is 14.5 Å². The highest BCUT2D eigenvalue weighted by molar-refractivity contribution is 7.13. The van der Waals surface area contributed by atoms with Gasteiger partial charge in [0.05, 0.1) is 34.2 Å². The van der Waals surface area contributed by atoms with Crippen LogP contribution in [0, 0.1) is 13.8 Å². The van der Waals surface area contributed by atoms with Crippen molar-refractivity contribution in [1.82, 2.24) is 19.9 Å². The van der Waals surface area contributed by atoms with Gasteiger partial charge in [-0.3, -0.25) is 9.69 Å². The van der Waals surface area contributed by atoms with Crippen LogP contribution in [-0.4, -0.2) is 92.8 Å². The number of thiazole rings is 1. The number of benzene rings is 1. The first kappa shape index (κ1) is 37.6. The third-order valence-corrected chi connectivity index (χ3v) is 14.2. The smallest absolute Gasteiger partial charge is 0.343 e. The summed E-state index contributed by atoms with van der Waals surface area (Å²) in [6, 6.07) is 7.54. The molecule has 2 aromatic heterocycles. The molecule has 0 spiro atoms.